The highest BCUT2D eigenvalue weighted by Gasteiger charge is 2.26. The van der Waals surface area contributed by atoms with Crippen molar-refractivity contribution in [1.29, 1.82) is 0 Å². The molecule has 0 radical (unpaired) electrons. The van der Waals surface area contributed by atoms with E-state index in [2.05, 4.69) is 108 Å². The van der Waals surface area contributed by atoms with Crippen molar-refractivity contribution in [3.05, 3.63) is 126 Å². The van der Waals surface area contributed by atoms with E-state index in [0.717, 1.165) is 12.8 Å². The predicted octanol–water partition coefficient (Wildman–Crippen LogP) is 8.54. The molecule has 9 rings (SSSR count). The third-order valence-corrected chi connectivity index (χ3v) is 8.38. The first-order chi connectivity index (χ1) is 17.3. The summed E-state index contributed by atoms with van der Waals surface area (Å²) in [6.45, 7) is 0. The zero-order valence-corrected chi connectivity index (χ0v) is 19.2. The minimum absolute atomic E-state index is 1.02. The molecule has 2 aromatic heterocycles. The lowest BCUT2D eigenvalue weighted by Crippen LogP contribution is -1.94. The van der Waals surface area contributed by atoms with E-state index in [0.29, 0.717) is 0 Å². The summed E-state index contributed by atoms with van der Waals surface area (Å²) in [5.41, 5.74) is 14.0. The second-order valence-corrected chi connectivity index (χ2v) is 10.2. The van der Waals surface area contributed by atoms with Gasteiger partial charge < -0.3 is 4.40 Å². The molecule has 0 saturated carbocycles. The van der Waals surface area contributed by atoms with Crippen molar-refractivity contribution in [1.82, 2.24) is 4.40 Å². The van der Waals surface area contributed by atoms with E-state index >= 15 is 0 Å². The fourth-order valence-electron chi connectivity index (χ4n) is 6.90. The van der Waals surface area contributed by atoms with Crippen molar-refractivity contribution in [3.8, 4) is 22.3 Å². The molecular weight excluding hydrogens is 422 g/mol. The van der Waals surface area contributed by atoms with Gasteiger partial charge in [0, 0.05) is 27.7 Å². The number of benzene rings is 5. The summed E-state index contributed by atoms with van der Waals surface area (Å²) < 4.78 is 2.46. The van der Waals surface area contributed by atoms with Crippen LogP contribution in [-0.2, 0) is 12.8 Å². The van der Waals surface area contributed by atoms with Crippen LogP contribution >= 0.6 is 0 Å². The van der Waals surface area contributed by atoms with Gasteiger partial charge in [-0.25, -0.2) is 0 Å². The molecule has 0 spiro atoms. The molecule has 2 aliphatic carbocycles. The van der Waals surface area contributed by atoms with Crippen LogP contribution < -0.4 is 0 Å². The summed E-state index contributed by atoms with van der Waals surface area (Å²) in [4.78, 5) is 0. The van der Waals surface area contributed by atoms with E-state index in [4.69, 9.17) is 0 Å². The van der Waals surface area contributed by atoms with Gasteiger partial charge in [-0.05, 0) is 80.9 Å². The van der Waals surface area contributed by atoms with Gasteiger partial charge in [-0.3, -0.25) is 0 Å². The van der Waals surface area contributed by atoms with Crippen LogP contribution in [0.15, 0.2) is 103 Å². The largest absolute Gasteiger partial charge is 0.315 e. The highest BCUT2D eigenvalue weighted by Crippen LogP contribution is 2.48. The normalized spacial score (nSPS) is 13.5. The maximum atomic E-state index is 2.51. The third-order valence-electron chi connectivity index (χ3n) is 8.38. The van der Waals surface area contributed by atoms with Crippen LogP contribution in [0, 0.1) is 0 Å². The number of nitrogens with zero attached hydrogens (tertiary/aromatic N) is 1. The molecule has 0 aliphatic heterocycles. The topological polar surface area (TPSA) is 4.41 Å². The molecule has 5 aromatic carbocycles. The highest BCUT2D eigenvalue weighted by molar-refractivity contribution is 6.24. The molecule has 162 valence electrons. The summed E-state index contributed by atoms with van der Waals surface area (Å²) in [7, 11) is 0. The fraction of sp³-hybridized carbons (Fsp3) is 0.0588. The van der Waals surface area contributed by atoms with E-state index in [-0.39, 0.29) is 0 Å². The van der Waals surface area contributed by atoms with Gasteiger partial charge in [0.05, 0.1) is 11.0 Å². The lowest BCUT2D eigenvalue weighted by molar-refractivity contribution is 1.25. The van der Waals surface area contributed by atoms with Gasteiger partial charge in [0.2, 0.25) is 0 Å². The minimum atomic E-state index is 1.02. The maximum Gasteiger partial charge on any atom is 0.0613 e. The Morgan fingerprint density at radius 3 is 2.17 bits per heavy atom. The summed E-state index contributed by atoms with van der Waals surface area (Å²) in [5.74, 6) is 0. The van der Waals surface area contributed by atoms with E-state index in [9.17, 15) is 0 Å². The monoisotopic (exact) mass is 443 g/mol. The molecular formula is C34H21N. The molecule has 2 heterocycles. The van der Waals surface area contributed by atoms with Gasteiger partial charge in [-0.15, -0.1) is 0 Å². The second-order valence-electron chi connectivity index (χ2n) is 10.2. The Kier molecular flexibility index (Phi) is 3.19. The Morgan fingerprint density at radius 2 is 1.26 bits per heavy atom. The molecule has 0 N–H and O–H groups in total. The van der Waals surface area contributed by atoms with Crippen molar-refractivity contribution >= 4 is 38.0 Å². The lowest BCUT2D eigenvalue weighted by atomic mass is 9.92. The van der Waals surface area contributed by atoms with Gasteiger partial charge in [0.15, 0.2) is 0 Å². The molecule has 2 aliphatic rings. The van der Waals surface area contributed by atoms with Gasteiger partial charge in [0.25, 0.3) is 0 Å². The Balaban J connectivity index is 1.55. The molecule has 0 fully saturated rings. The predicted molar refractivity (Wildman–Crippen MR) is 146 cm³/mol. The summed E-state index contributed by atoms with van der Waals surface area (Å²) in [6.07, 6.45) is 4.37. The summed E-state index contributed by atoms with van der Waals surface area (Å²) in [5, 5.41) is 6.76. The van der Waals surface area contributed by atoms with Gasteiger partial charge in [-0.1, -0.05) is 78.9 Å². The zero-order chi connectivity index (χ0) is 22.7. The first kappa shape index (κ1) is 18.0. The molecule has 7 aromatic rings. The highest BCUT2D eigenvalue weighted by atomic mass is 14.9. The summed E-state index contributed by atoms with van der Waals surface area (Å²) >= 11 is 0. The number of pyridine rings is 1. The van der Waals surface area contributed by atoms with Crippen molar-refractivity contribution in [3.63, 3.8) is 0 Å². The molecule has 0 unspecified atom stereocenters. The van der Waals surface area contributed by atoms with Gasteiger partial charge >= 0.3 is 0 Å². The van der Waals surface area contributed by atoms with Crippen molar-refractivity contribution in [2.45, 2.75) is 12.8 Å². The van der Waals surface area contributed by atoms with Crippen molar-refractivity contribution in [2.24, 2.45) is 0 Å². The standard InChI is InChI=1S/C34H21N/c1-4-10-25-20(7-1)16-24-17-29-30(18-28(24)25)34-27-12-6-3-9-23(27)19-35(34)31-14-13-22-15-21-8-2-5-11-26(21)32(22)33(29)31/h1-14,17-19H,15-16H2. The van der Waals surface area contributed by atoms with E-state index in [1.54, 1.807) is 0 Å². The van der Waals surface area contributed by atoms with Crippen molar-refractivity contribution in [2.75, 3.05) is 0 Å². The number of hydrogen-bond donors (Lipinski definition) is 0. The minimum Gasteiger partial charge on any atom is -0.315 e. The van der Waals surface area contributed by atoms with Crippen LogP contribution in [-0.4, -0.2) is 4.40 Å². The maximum absolute atomic E-state index is 2.51. The zero-order valence-electron chi connectivity index (χ0n) is 19.2. The summed E-state index contributed by atoms with van der Waals surface area (Å²) in [6, 6.07) is 36.4. The Labute approximate surface area is 202 Å². The number of rotatable bonds is 0. The SMILES string of the molecule is c1ccc2c(c1)Cc1cc3c(cc1-2)c1c2ccccc2cn1c1ccc2c(c31)-c1ccccc1C2. The molecule has 1 heteroatoms. The van der Waals surface area contributed by atoms with Crippen LogP contribution in [0.1, 0.15) is 22.3 Å². The Bertz CT molecular complexity index is 2050. The smallest absolute Gasteiger partial charge is 0.0613 e. The third kappa shape index (κ3) is 2.19. The van der Waals surface area contributed by atoms with Crippen molar-refractivity contribution < 1.29 is 0 Å². The van der Waals surface area contributed by atoms with Crippen LogP contribution in [0.5, 0.6) is 0 Å². The molecule has 0 amide bonds. The molecule has 35 heavy (non-hydrogen) atoms. The van der Waals surface area contributed by atoms with Crippen LogP contribution in [0.4, 0.5) is 0 Å². The molecule has 1 nitrogen and oxygen atoms in total. The van der Waals surface area contributed by atoms with Gasteiger partial charge in [-0.2, -0.15) is 0 Å². The average Bonchev–Trinajstić information content (AvgIpc) is 3.58. The molecule has 0 bridgehead atoms. The van der Waals surface area contributed by atoms with Crippen LogP contribution in [0.25, 0.3) is 60.2 Å². The quantitative estimate of drug-likeness (QED) is 0.207. The number of fused-ring (bicyclic) bond motifs is 15. The van der Waals surface area contributed by atoms with E-state index in [1.165, 1.54) is 82.5 Å². The molecule has 0 saturated heterocycles. The van der Waals surface area contributed by atoms with Gasteiger partial charge in [0.1, 0.15) is 0 Å². The fourth-order valence-corrected chi connectivity index (χ4v) is 6.90. The average molecular weight is 444 g/mol. The lowest BCUT2D eigenvalue weighted by Gasteiger charge is -2.16. The number of aromatic nitrogens is 1. The Morgan fingerprint density at radius 1 is 0.514 bits per heavy atom. The first-order valence-corrected chi connectivity index (χ1v) is 12.5. The first-order valence-electron chi connectivity index (χ1n) is 12.5. The Hall–Kier alpha value is -4.36. The van der Waals surface area contributed by atoms with E-state index in [1.807, 2.05) is 0 Å². The van der Waals surface area contributed by atoms with Crippen LogP contribution in [0.3, 0.4) is 0 Å². The molecule has 0 atom stereocenters. The number of hydrogen-bond acceptors (Lipinski definition) is 0. The second kappa shape index (κ2) is 6.20. The van der Waals surface area contributed by atoms with Crippen LogP contribution in [0.2, 0.25) is 0 Å². The van der Waals surface area contributed by atoms with E-state index < -0.39 is 0 Å².